The number of rotatable bonds is 0. The Balaban J connectivity index is 2.38. The standard InChI is InChI=1S/C14H10O2/c15-11-6-9-7-16-12-5-4-8-2-1-3-10(11)13(8)14(9)12/h1-5,7,11,15H,6H2. The maximum Gasteiger partial charge on any atom is 0.134 e. The van der Waals surface area contributed by atoms with Crippen LogP contribution in [0.25, 0.3) is 21.7 Å². The number of aliphatic hydroxyl groups excluding tert-OH is 1. The highest BCUT2D eigenvalue weighted by Crippen LogP contribution is 2.40. The average Bonchev–Trinajstić information content (AvgIpc) is 2.72. The molecule has 2 aromatic carbocycles. The first-order chi connectivity index (χ1) is 7.84. The number of benzene rings is 2. The molecule has 1 N–H and O–H groups in total. The number of furan rings is 1. The maximum atomic E-state index is 10.1. The lowest BCUT2D eigenvalue weighted by Crippen LogP contribution is -2.06. The Morgan fingerprint density at radius 3 is 3.00 bits per heavy atom. The topological polar surface area (TPSA) is 33.4 Å². The van der Waals surface area contributed by atoms with Gasteiger partial charge in [-0.1, -0.05) is 24.3 Å². The van der Waals surface area contributed by atoms with E-state index in [0.717, 1.165) is 22.1 Å². The molecule has 1 unspecified atom stereocenters. The van der Waals surface area contributed by atoms with Crippen molar-refractivity contribution in [3.8, 4) is 0 Å². The Bertz CT molecular complexity index is 709. The molecular formula is C14H10O2. The van der Waals surface area contributed by atoms with Gasteiger partial charge in [-0.2, -0.15) is 0 Å². The molecule has 1 aliphatic carbocycles. The van der Waals surface area contributed by atoms with Crippen molar-refractivity contribution in [3.63, 3.8) is 0 Å². The zero-order valence-corrected chi connectivity index (χ0v) is 8.60. The predicted molar refractivity (Wildman–Crippen MR) is 62.4 cm³/mol. The molecule has 0 saturated carbocycles. The van der Waals surface area contributed by atoms with Gasteiger partial charge in [-0.15, -0.1) is 0 Å². The van der Waals surface area contributed by atoms with E-state index in [9.17, 15) is 5.11 Å². The van der Waals surface area contributed by atoms with E-state index in [0.29, 0.717) is 6.42 Å². The monoisotopic (exact) mass is 210 g/mol. The molecule has 0 fully saturated rings. The molecule has 0 amide bonds. The molecule has 0 spiro atoms. The van der Waals surface area contributed by atoms with E-state index >= 15 is 0 Å². The Labute approximate surface area is 92.1 Å². The van der Waals surface area contributed by atoms with E-state index in [-0.39, 0.29) is 0 Å². The van der Waals surface area contributed by atoms with E-state index in [4.69, 9.17) is 4.42 Å². The summed E-state index contributed by atoms with van der Waals surface area (Å²) in [4.78, 5) is 0. The van der Waals surface area contributed by atoms with Gasteiger partial charge in [0.1, 0.15) is 5.58 Å². The van der Waals surface area contributed by atoms with Crippen LogP contribution in [-0.2, 0) is 6.42 Å². The molecule has 0 aliphatic heterocycles. The van der Waals surface area contributed by atoms with Gasteiger partial charge in [-0.05, 0) is 22.4 Å². The fraction of sp³-hybridized carbons (Fsp3) is 0.143. The van der Waals surface area contributed by atoms with Crippen LogP contribution in [0.4, 0.5) is 0 Å². The third-order valence-electron chi connectivity index (χ3n) is 3.46. The van der Waals surface area contributed by atoms with Crippen LogP contribution in [0.3, 0.4) is 0 Å². The van der Waals surface area contributed by atoms with Crippen molar-refractivity contribution in [1.82, 2.24) is 0 Å². The fourth-order valence-corrected chi connectivity index (χ4v) is 2.75. The van der Waals surface area contributed by atoms with Crippen molar-refractivity contribution in [2.24, 2.45) is 0 Å². The fourth-order valence-electron chi connectivity index (χ4n) is 2.75. The molecule has 3 aromatic rings. The summed E-state index contributed by atoms with van der Waals surface area (Å²) in [7, 11) is 0. The van der Waals surface area contributed by atoms with Crippen LogP contribution in [0.2, 0.25) is 0 Å². The van der Waals surface area contributed by atoms with Crippen LogP contribution in [0.5, 0.6) is 0 Å². The second-order valence-corrected chi connectivity index (χ2v) is 4.36. The van der Waals surface area contributed by atoms with E-state index in [1.165, 1.54) is 10.8 Å². The molecule has 4 rings (SSSR count). The molecule has 1 atom stereocenters. The van der Waals surface area contributed by atoms with Crippen molar-refractivity contribution in [2.75, 3.05) is 0 Å². The zero-order valence-electron chi connectivity index (χ0n) is 8.60. The van der Waals surface area contributed by atoms with Crippen LogP contribution in [0, 0.1) is 0 Å². The van der Waals surface area contributed by atoms with E-state index < -0.39 is 6.10 Å². The van der Waals surface area contributed by atoms with Gasteiger partial charge in [0, 0.05) is 17.4 Å². The summed E-state index contributed by atoms with van der Waals surface area (Å²) >= 11 is 0. The molecule has 0 saturated heterocycles. The normalized spacial score (nSPS) is 18.7. The van der Waals surface area contributed by atoms with Crippen LogP contribution in [-0.4, -0.2) is 5.11 Å². The Hall–Kier alpha value is -1.80. The Kier molecular flexibility index (Phi) is 1.39. The highest BCUT2D eigenvalue weighted by Gasteiger charge is 2.23. The van der Waals surface area contributed by atoms with Gasteiger partial charge in [0.15, 0.2) is 0 Å². The highest BCUT2D eigenvalue weighted by atomic mass is 16.3. The van der Waals surface area contributed by atoms with Gasteiger partial charge in [0.05, 0.1) is 12.4 Å². The number of aliphatic hydroxyl groups is 1. The molecule has 1 aromatic heterocycles. The summed E-state index contributed by atoms with van der Waals surface area (Å²) in [6, 6.07) is 10.1. The van der Waals surface area contributed by atoms with Crippen molar-refractivity contribution in [3.05, 3.63) is 47.7 Å². The van der Waals surface area contributed by atoms with Gasteiger partial charge in [-0.25, -0.2) is 0 Å². The van der Waals surface area contributed by atoms with Gasteiger partial charge >= 0.3 is 0 Å². The van der Waals surface area contributed by atoms with Gasteiger partial charge < -0.3 is 9.52 Å². The summed E-state index contributed by atoms with van der Waals surface area (Å²) < 4.78 is 5.52. The van der Waals surface area contributed by atoms with Gasteiger partial charge in [0.25, 0.3) is 0 Å². The average molecular weight is 210 g/mol. The maximum absolute atomic E-state index is 10.1. The van der Waals surface area contributed by atoms with Gasteiger partial charge in [0.2, 0.25) is 0 Å². The molecule has 1 aliphatic rings. The van der Waals surface area contributed by atoms with Crippen LogP contribution >= 0.6 is 0 Å². The zero-order chi connectivity index (χ0) is 10.7. The Morgan fingerprint density at radius 1 is 1.12 bits per heavy atom. The minimum atomic E-state index is -0.403. The second kappa shape index (κ2) is 2.66. The lowest BCUT2D eigenvalue weighted by molar-refractivity contribution is 0.179. The number of hydrogen-bond donors (Lipinski definition) is 1. The van der Waals surface area contributed by atoms with Crippen molar-refractivity contribution in [2.45, 2.75) is 12.5 Å². The predicted octanol–water partition coefficient (Wildman–Crippen LogP) is 3.18. The van der Waals surface area contributed by atoms with Crippen LogP contribution < -0.4 is 0 Å². The molecule has 0 bridgehead atoms. The quantitative estimate of drug-likeness (QED) is 0.618. The largest absolute Gasteiger partial charge is 0.464 e. The third-order valence-corrected chi connectivity index (χ3v) is 3.46. The lowest BCUT2D eigenvalue weighted by Gasteiger charge is -2.18. The van der Waals surface area contributed by atoms with E-state index in [1.807, 2.05) is 24.3 Å². The highest BCUT2D eigenvalue weighted by molar-refractivity contribution is 6.10. The minimum Gasteiger partial charge on any atom is -0.464 e. The van der Waals surface area contributed by atoms with Crippen molar-refractivity contribution in [1.29, 1.82) is 0 Å². The summed E-state index contributed by atoms with van der Waals surface area (Å²) in [5.74, 6) is 0. The lowest BCUT2D eigenvalue weighted by atomic mass is 9.88. The first kappa shape index (κ1) is 8.36. The van der Waals surface area contributed by atoms with Crippen molar-refractivity contribution < 1.29 is 9.52 Å². The number of hydrogen-bond acceptors (Lipinski definition) is 2. The first-order valence-corrected chi connectivity index (χ1v) is 5.44. The summed E-state index contributed by atoms with van der Waals surface area (Å²) in [6.45, 7) is 0. The molecule has 2 heteroatoms. The third kappa shape index (κ3) is 0.859. The van der Waals surface area contributed by atoms with Crippen LogP contribution in [0.15, 0.2) is 41.0 Å². The molecule has 16 heavy (non-hydrogen) atoms. The molecule has 1 heterocycles. The van der Waals surface area contributed by atoms with Crippen molar-refractivity contribution >= 4 is 21.7 Å². The van der Waals surface area contributed by atoms with Crippen LogP contribution in [0.1, 0.15) is 17.2 Å². The SMILES string of the molecule is OC1Cc2coc3ccc4cccc1c4c23. The molecule has 0 radical (unpaired) electrons. The summed E-state index contributed by atoms with van der Waals surface area (Å²) in [6.07, 6.45) is 2.02. The van der Waals surface area contributed by atoms with E-state index in [2.05, 4.69) is 6.07 Å². The van der Waals surface area contributed by atoms with Gasteiger partial charge in [-0.3, -0.25) is 0 Å². The summed E-state index contributed by atoms with van der Waals surface area (Å²) in [5.41, 5.74) is 3.06. The van der Waals surface area contributed by atoms with E-state index in [1.54, 1.807) is 6.26 Å². The molecular weight excluding hydrogens is 200 g/mol. The Morgan fingerprint density at radius 2 is 2.06 bits per heavy atom. The molecule has 2 nitrogen and oxygen atoms in total. The molecule has 78 valence electrons. The minimum absolute atomic E-state index is 0.403. The summed E-state index contributed by atoms with van der Waals surface area (Å²) in [5, 5.41) is 13.6. The first-order valence-electron chi connectivity index (χ1n) is 5.44. The second-order valence-electron chi connectivity index (χ2n) is 4.36. The smallest absolute Gasteiger partial charge is 0.134 e.